The number of nitrogens with zero attached hydrogens (tertiary/aromatic N) is 2. The van der Waals surface area contributed by atoms with Gasteiger partial charge in [-0.1, -0.05) is 43.7 Å². The summed E-state index contributed by atoms with van der Waals surface area (Å²) in [7, 11) is 1.53. The molecule has 3 aromatic carbocycles. The first-order chi connectivity index (χ1) is 28.4. The Kier molecular flexibility index (Phi) is 15.9. The van der Waals surface area contributed by atoms with E-state index in [1.165, 1.54) is 23.9 Å². The van der Waals surface area contributed by atoms with Gasteiger partial charge in [0, 0.05) is 74.3 Å². The van der Waals surface area contributed by atoms with Crippen molar-refractivity contribution in [1.82, 2.24) is 10.2 Å². The lowest BCUT2D eigenvalue weighted by Crippen LogP contribution is -2.46. The fourth-order valence-electron chi connectivity index (χ4n) is 7.97. The van der Waals surface area contributed by atoms with Crippen molar-refractivity contribution < 1.29 is 33.4 Å². The van der Waals surface area contributed by atoms with Crippen LogP contribution in [-0.2, 0) is 25.6 Å². The number of benzene rings is 3. The highest BCUT2D eigenvalue weighted by atomic mass is 16.5. The van der Waals surface area contributed by atoms with Crippen molar-refractivity contribution in [2.24, 2.45) is 29.0 Å². The number of likely N-dealkylation sites (N-methyl/N-ethyl adjacent to an activating group) is 1. The van der Waals surface area contributed by atoms with Gasteiger partial charge in [0.15, 0.2) is 17.3 Å². The molecule has 0 radical (unpaired) electrons. The number of ketones is 3. The van der Waals surface area contributed by atoms with Gasteiger partial charge >= 0.3 is 0 Å². The topological polar surface area (TPSA) is 221 Å². The lowest BCUT2D eigenvalue weighted by Gasteiger charge is -2.32. The molecule has 4 atom stereocenters. The van der Waals surface area contributed by atoms with Crippen molar-refractivity contribution in [2.45, 2.75) is 89.6 Å². The summed E-state index contributed by atoms with van der Waals surface area (Å²) in [5.41, 5.74) is 22.6. The van der Waals surface area contributed by atoms with Crippen LogP contribution < -0.4 is 32.0 Å². The molecule has 1 heterocycles. The number of amides is 2. The first kappa shape index (κ1) is 44.7. The smallest absolute Gasteiger partial charge is 0.226 e. The van der Waals surface area contributed by atoms with Gasteiger partial charge in [-0.05, 0) is 91.6 Å². The molecule has 314 valence electrons. The van der Waals surface area contributed by atoms with E-state index in [9.17, 15) is 29.2 Å². The van der Waals surface area contributed by atoms with E-state index in [0.717, 1.165) is 18.4 Å². The second-order valence-electron chi connectivity index (χ2n) is 15.8. The van der Waals surface area contributed by atoms with Gasteiger partial charge in [0.2, 0.25) is 11.8 Å². The minimum Gasteiger partial charge on any atom is -0.492 e. The summed E-state index contributed by atoms with van der Waals surface area (Å²) < 4.78 is 12.2. The Morgan fingerprint density at radius 1 is 0.898 bits per heavy atom. The number of Topliss-reactive ketones (excluding diaryl/α,β-unsaturated/α-hetero) is 3. The third-order valence-electron chi connectivity index (χ3n) is 11.5. The van der Waals surface area contributed by atoms with Gasteiger partial charge in [0.05, 0.1) is 12.1 Å². The Morgan fingerprint density at radius 3 is 2.17 bits per heavy atom. The Bertz CT molecular complexity index is 2060. The number of aryl methyl sites for hydroxylation is 1. The van der Waals surface area contributed by atoms with Crippen LogP contribution in [0.4, 0.5) is 0 Å². The molecule has 0 spiro atoms. The summed E-state index contributed by atoms with van der Waals surface area (Å²) in [4.78, 5) is 71.6. The maximum absolute atomic E-state index is 14.6. The molecular weight excluding hydrogens is 749 g/mol. The van der Waals surface area contributed by atoms with Crippen LogP contribution in [0.25, 0.3) is 11.1 Å². The van der Waals surface area contributed by atoms with E-state index >= 15 is 0 Å². The average molecular weight is 807 g/mol. The third-order valence-corrected chi connectivity index (χ3v) is 11.5. The molecular formula is C46H58N6O7. The molecule has 1 fully saturated rings. The summed E-state index contributed by atoms with van der Waals surface area (Å²) in [6.07, 6.45) is 3.35. The van der Waals surface area contributed by atoms with Gasteiger partial charge in [-0.3, -0.25) is 24.0 Å². The molecule has 13 heteroatoms. The number of ether oxygens (including phenoxy) is 2. The van der Waals surface area contributed by atoms with Crippen LogP contribution in [0.2, 0.25) is 0 Å². The maximum atomic E-state index is 14.6. The van der Waals surface area contributed by atoms with Gasteiger partial charge in [-0.15, -0.1) is 0 Å². The zero-order valence-electron chi connectivity index (χ0n) is 34.5. The normalized spacial score (nSPS) is 18.7. The quantitative estimate of drug-likeness (QED) is 0.135. The van der Waals surface area contributed by atoms with Crippen LogP contribution in [0, 0.1) is 30.1 Å². The number of nitriles is 1. The first-order valence-corrected chi connectivity index (χ1v) is 20.7. The molecule has 1 saturated carbocycles. The van der Waals surface area contributed by atoms with Crippen molar-refractivity contribution in [3.05, 3.63) is 82.4 Å². The van der Waals surface area contributed by atoms with Gasteiger partial charge in [0.1, 0.15) is 30.8 Å². The predicted octanol–water partition coefficient (Wildman–Crippen LogP) is 4.85. The number of carbonyl (C=O) groups excluding carboxylic acids is 5. The van der Waals surface area contributed by atoms with Crippen LogP contribution in [0.15, 0.2) is 54.6 Å². The SMILES string of the molecule is Cc1cc(C2CCC2)ccc1C(=O)C[C@@H](CCN)C(=O)N(C)[C@@H]1C(=O)C[C@@H](C)C(=O)N[C@H](C(=O)CCC#N)Cc2ccc(OCCN)c(c2)-c2cc1ccc2OCCN. The van der Waals surface area contributed by atoms with Crippen molar-refractivity contribution in [3.63, 3.8) is 0 Å². The van der Waals surface area contributed by atoms with E-state index in [2.05, 4.69) is 11.4 Å². The average Bonchev–Trinajstić information content (AvgIpc) is 3.20. The van der Waals surface area contributed by atoms with Gasteiger partial charge in [-0.2, -0.15) is 5.26 Å². The summed E-state index contributed by atoms with van der Waals surface area (Å²) in [5, 5.41) is 12.1. The van der Waals surface area contributed by atoms with Crippen molar-refractivity contribution >= 4 is 29.2 Å². The summed E-state index contributed by atoms with van der Waals surface area (Å²) >= 11 is 0. The molecule has 4 bridgehead atoms. The van der Waals surface area contributed by atoms with E-state index in [-0.39, 0.29) is 82.9 Å². The Balaban J connectivity index is 1.59. The number of fused-ring (bicyclic) bond motifs is 5. The molecule has 0 aromatic heterocycles. The molecule has 5 rings (SSSR count). The van der Waals surface area contributed by atoms with E-state index < -0.39 is 41.5 Å². The minimum atomic E-state index is -1.19. The fraction of sp³-hybridized carbons (Fsp3) is 0.478. The minimum absolute atomic E-state index is 0.0178. The monoisotopic (exact) mass is 806 g/mol. The summed E-state index contributed by atoms with van der Waals surface area (Å²) in [5.74, 6) is -2.19. The van der Waals surface area contributed by atoms with Crippen LogP contribution in [-0.4, -0.2) is 80.0 Å². The maximum Gasteiger partial charge on any atom is 0.226 e. The molecule has 0 saturated heterocycles. The molecule has 1 aliphatic heterocycles. The molecule has 2 amide bonds. The standard InChI is InChI=1S/C46H58N6O7/c1-28-22-32(31-6-4-7-31)10-12-35(28)40(54)27-34(15-17-48)46(57)52(3)44-33-11-14-43(59-21-19-50)37(26-33)36-24-30(9-13-42(36)58-20-18-49)25-38(39(53)8-5-16-47)51-45(56)29(2)23-41(44)55/h9-14,22,24,26,29,31,34,38,44H,4-8,15,17-21,23,25,27,48-50H2,1-3H3,(H,51,56)/t29-,34-,38+,44+/m1/s1. The molecule has 7 N–H and O–H groups in total. The highest BCUT2D eigenvalue weighted by Crippen LogP contribution is 2.41. The molecule has 2 aliphatic rings. The highest BCUT2D eigenvalue weighted by molar-refractivity contribution is 6.01. The lowest BCUT2D eigenvalue weighted by atomic mass is 9.79. The number of hydrogen-bond donors (Lipinski definition) is 4. The Morgan fingerprint density at radius 2 is 1.56 bits per heavy atom. The number of nitrogens with two attached hydrogens (primary N) is 3. The molecule has 3 aromatic rings. The fourth-order valence-corrected chi connectivity index (χ4v) is 7.97. The number of hydrogen-bond acceptors (Lipinski definition) is 11. The number of nitrogens with one attached hydrogen (secondary N) is 1. The molecule has 1 aliphatic carbocycles. The zero-order chi connectivity index (χ0) is 42.6. The predicted molar refractivity (Wildman–Crippen MR) is 225 cm³/mol. The molecule has 13 nitrogen and oxygen atoms in total. The van der Waals surface area contributed by atoms with E-state index in [1.54, 1.807) is 37.3 Å². The van der Waals surface area contributed by atoms with E-state index in [4.69, 9.17) is 26.7 Å². The van der Waals surface area contributed by atoms with Crippen LogP contribution in [0.5, 0.6) is 11.5 Å². The number of rotatable bonds is 17. The Hall–Kier alpha value is -5.42. The van der Waals surface area contributed by atoms with E-state index in [1.807, 2.05) is 31.2 Å². The largest absolute Gasteiger partial charge is 0.492 e. The van der Waals surface area contributed by atoms with Crippen molar-refractivity contribution in [1.29, 1.82) is 5.26 Å². The summed E-state index contributed by atoms with van der Waals surface area (Å²) in [6.45, 7) is 4.49. The van der Waals surface area contributed by atoms with Crippen molar-refractivity contribution in [2.75, 3.05) is 39.9 Å². The first-order valence-electron chi connectivity index (χ1n) is 20.7. The second kappa shape index (κ2) is 21.0. The van der Waals surface area contributed by atoms with Crippen molar-refractivity contribution in [3.8, 4) is 28.7 Å². The highest BCUT2D eigenvalue weighted by Gasteiger charge is 2.36. The molecule has 59 heavy (non-hydrogen) atoms. The van der Waals surface area contributed by atoms with Gasteiger partial charge in [0.25, 0.3) is 0 Å². The number of carbonyl (C=O) groups is 5. The second-order valence-corrected chi connectivity index (χ2v) is 15.8. The van der Waals surface area contributed by atoms with Gasteiger partial charge < -0.3 is 36.9 Å². The summed E-state index contributed by atoms with van der Waals surface area (Å²) in [6, 6.07) is 16.3. The molecule has 0 unspecified atom stereocenters. The third kappa shape index (κ3) is 11.0. The Labute approximate surface area is 347 Å². The van der Waals surface area contributed by atoms with Crippen LogP contribution >= 0.6 is 0 Å². The van der Waals surface area contributed by atoms with Crippen LogP contribution in [0.1, 0.15) is 103 Å². The van der Waals surface area contributed by atoms with E-state index in [0.29, 0.717) is 45.2 Å². The van der Waals surface area contributed by atoms with Crippen LogP contribution in [0.3, 0.4) is 0 Å². The lowest BCUT2D eigenvalue weighted by molar-refractivity contribution is -0.142. The van der Waals surface area contributed by atoms with Gasteiger partial charge in [-0.25, -0.2) is 0 Å². The zero-order valence-corrected chi connectivity index (χ0v) is 34.5.